The summed E-state index contributed by atoms with van der Waals surface area (Å²) in [5.74, 6) is -0.724. The Kier molecular flexibility index (Phi) is 6.77. The molecule has 32 heavy (non-hydrogen) atoms. The normalized spacial score (nSPS) is 15.7. The van der Waals surface area contributed by atoms with Gasteiger partial charge >= 0.3 is 6.03 Å². The summed E-state index contributed by atoms with van der Waals surface area (Å²) in [5, 5.41) is 2.69. The molecule has 1 atom stereocenters. The number of ether oxygens (including phenoxy) is 1. The summed E-state index contributed by atoms with van der Waals surface area (Å²) in [4.78, 5) is 53.9. The number of rotatable bonds is 7. The number of anilines is 2. The Morgan fingerprint density at radius 2 is 1.69 bits per heavy atom. The van der Waals surface area contributed by atoms with Crippen LogP contribution in [0.15, 0.2) is 48.5 Å². The lowest BCUT2D eigenvalue weighted by Gasteiger charge is -2.21. The Bertz CT molecular complexity index is 1020. The van der Waals surface area contributed by atoms with Crippen LogP contribution < -0.4 is 15.0 Å². The maximum absolute atomic E-state index is 12.9. The van der Waals surface area contributed by atoms with E-state index >= 15 is 0 Å². The fourth-order valence-corrected chi connectivity index (χ4v) is 3.35. The molecule has 1 fully saturated rings. The second-order valence-corrected chi connectivity index (χ2v) is 7.61. The standard InChI is InChI=1S/C23H26N4O5/c1-15-5-9-18(10-6-15)27-16(2)22(30)26(23(27)31)14-21(29)25(3)13-20(28)24-17-7-11-19(32-4)12-8-17/h5-12,16H,13-14H2,1-4H3,(H,24,28)/t16-/m1/s1. The number of amides is 5. The molecule has 1 saturated heterocycles. The monoisotopic (exact) mass is 438 g/mol. The molecular weight excluding hydrogens is 412 g/mol. The van der Waals surface area contributed by atoms with Crippen molar-refractivity contribution in [1.82, 2.24) is 9.80 Å². The molecule has 0 bridgehead atoms. The van der Waals surface area contributed by atoms with Crippen LogP contribution in [0.3, 0.4) is 0 Å². The van der Waals surface area contributed by atoms with Crippen LogP contribution in [0.2, 0.25) is 0 Å². The number of carbonyl (C=O) groups excluding carboxylic acids is 4. The second-order valence-electron chi connectivity index (χ2n) is 7.61. The number of carbonyl (C=O) groups is 4. The van der Waals surface area contributed by atoms with Gasteiger partial charge in [-0.05, 0) is 50.2 Å². The molecule has 1 heterocycles. The van der Waals surface area contributed by atoms with Gasteiger partial charge in [0.1, 0.15) is 18.3 Å². The highest BCUT2D eigenvalue weighted by atomic mass is 16.5. The van der Waals surface area contributed by atoms with Gasteiger partial charge in [0.2, 0.25) is 11.8 Å². The van der Waals surface area contributed by atoms with E-state index in [-0.39, 0.29) is 6.54 Å². The van der Waals surface area contributed by atoms with Crippen LogP contribution in [0.4, 0.5) is 16.2 Å². The van der Waals surface area contributed by atoms with Crippen molar-refractivity contribution in [2.75, 3.05) is 37.5 Å². The largest absolute Gasteiger partial charge is 0.497 e. The second kappa shape index (κ2) is 9.51. The van der Waals surface area contributed by atoms with E-state index < -0.39 is 36.3 Å². The highest BCUT2D eigenvalue weighted by molar-refractivity contribution is 6.15. The highest BCUT2D eigenvalue weighted by Crippen LogP contribution is 2.26. The van der Waals surface area contributed by atoms with Gasteiger partial charge in [-0.2, -0.15) is 0 Å². The predicted octanol–water partition coefficient (Wildman–Crippen LogP) is 2.26. The number of hydrogen-bond donors (Lipinski definition) is 1. The molecule has 0 spiro atoms. The fourth-order valence-electron chi connectivity index (χ4n) is 3.35. The third-order valence-corrected chi connectivity index (χ3v) is 5.23. The first-order chi connectivity index (χ1) is 15.2. The van der Waals surface area contributed by atoms with Crippen molar-refractivity contribution in [3.8, 4) is 5.75 Å². The van der Waals surface area contributed by atoms with Gasteiger partial charge in [-0.3, -0.25) is 24.2 Å². The van der Waals surface area contributed by atoms with Crippen LogP contribution in [0.25, 0.3) is 0 Å². The van der Waals surface area contributed by atoms with E-state index in [1.54, 1.807) is 50.4 Å². The van der Waals surface area contributed by atoms with Crippen molar-refractivity contribution in [1.29, 1.82) is 0 Å². The number of urea groups is 1. The van der Waals surface area contributed by atoms with E-state index in [1.165, 1.54) is 16.8 Å². The number of hydrogen-bond acceptors (Lipinski definition) is 5. The minimum Gasteiger partial charge on any atom is -0.497 e. The number of aryl methyl sites for hydroxylation is 1. The van der Waals surface area contributed by atoms with Crippen molar-refractivity contribution in [3.05, 3.63) is 54.1 Å². The number of nitrogens with zero attached hydrogens (tertiary/aromatic N) is 3. The topological polar surface area (TPSA) is 99.3 Å². The zero-order chi connectivity index (χ0) is 23.4. The van der Waals surface area contributed by atoms with Crippen molar-refractivity contribution in [2.24, 2.45) is 0 Å². The van der Waals surface area contributed by atoms with Gasteiger partial charge in [-0.15, -0.1) is 0 Å². The lowest BCUT2D eigenvalue weighted by Crippen LogP contribution is -2.44. The molecule has 3 rings (SSSR count). The van der Waals surface area contributed by atoms with Crippen molar-refractivity contribution in [2.45, 2.75) is 19.9 Å². The van der Waals surface area contributed by atoms with E-state index in [0.29, 0.717) is 17.1 Å². The number of nitrogens with one attached hydrogen (secondary N) is 1. The summed E-state index contributed by atoms with van der Waals surface area (Å²) in [6, 6.07) is 12.7. The van der Waals surface area contributed by atoms with E-state index in [1.807, 2.05) is 19.1 Å². The molecule has 9 nitrogen and oxygen atoms in total. The molecule has 0 radical (unpaired) electrons. The summed E-state index contributed by atoms with van der Waals surface area (Å²) < 4.78 is 5.07. The molecule has 5 amide bonds. The Hall–Kier alpha value is -3.88. The minimum absolute atomic E-state index is 0.224. The fraction of sp³-hybridized carbons (Fsp3) is 0.304. The Morgan fingerprint density at radius 1 is 1.06 bits per heavy atom. The van der Waals surface area contributed by atoms with E-state index in [4.69, 9.17) is 4.74 Å². The summed E-state index contributed by atoms with van der Waals surface area (Å²) in [7, 11) is 2.99. The maximum Gasteiger partial charge on any atom is 0.332 e. The Morgan fingerprint density at radius 3 is 2.28 bits per heavy atom. The number of methoxy groups -OCH3 is 1. The first-order valence-corrected chi connectivity index (χ1v) is 10.1. The van der Waals surface area contributed by atoms with E-state index in [0.717, 1.165) is 10.5 Å². The number of likely N-dealkylation sites (N-methyl/N-ethyl adjacent to an activating group) is 1. The molecule has 1 aliphatic rings. The van der Waals surface area contributed by atoms with Crippen LogP contribution in [-0.2, 0) is 14.4 Å². The molecule has 0 aromatic heterocycles. The summed E-state index contributed by atoms with van der Waals surface area (Å²) in [5.41, 5.74) is 2.17. The average Bonchev–Trinajstić information content (AvgIpc) is 2.98. The van der Waals surface area contributed by atoms with Gasteiger partial charge in [0.05, 0.1) is 13.7 Å². The van der Waals surface area contributed by atoms with Gasteiger partial charge in [0, 0.05) is 18.4 Å². The quantitative estimate of drug-likeness (QED) is 0.669. The number of benzene rings is 2. The SMILES string of the molecule is COc1ccc(NC(=O)CN(C)C(=O)CN2C(=O)[C@@H](C)N(c3ccc(C)cc3)C2=O)cc1. The van der Waals surface area contributed by atoms with Crippen molar-refractivity contribution >= 4 is 35.1 Å². The third-order valence-electron chi connectivity index (χ3n) is 5.23. The van der Waals surface area contributed by atoms with Gasteiger partial charge in [-0.1, -0.05) is 17.7 Å². The molecule has 2 aromatic carbocycles. The van der Waals surface area contributed by atoms with Gasteiger partial charge in [0.15, 0.2) is 0 Å². The maximum atomic E-state index is 12.9. The molecule has 2 aromatic rings. The van der Waals surface area contributed by atoms with Gasteiger partial charge in [0.25, 0.3) is 5.91 Å². The number of imide groups is 1. The molecule has 0 aliphatic carbocycles. The molecule has 0 unspecified atom stereocenters. The summed E-state index contributed by atoms with van der Waals surface area (Å²) in [6.45, 7) is 2.89. The van der Waals surface area contributed by atoms with Crippen LogP contribution in [-0.4, -0.2) is 66.8 Å². The van der Waals surface area contributed by atoms with Crippen molar-refractivity contribution < 1.29 is 23.9 Å². The summed E-state index contributed by atoms with van der Waals surface area (Å²) in [6.07, 6.45) is 0. The highest BCUT2D eigenvalue weighted by Gasteiger charge is 2.44. The predicted molar refractivity (Wildman–Crippen MR) is 119 cm³/mol. The minimum atomic E-state index is -0.721. The Labute approximate surface area is 186 Å². The van der Waals surface area contributed by atoms with E-state index in [9.17, 15) is 19.2 Å². The van der Waals surface area contributed by atoms with Crippen LogP contribution in [0.1, 0.15) is 12.5 Å². The first-order valence-electron chi connectivity index (χ1n) is 10.1. The molecule has 9 heteroatoms. The van der Waals surface area contributed by atoms with Crippen LogP contribution in [0, 0.1) is 6.92 Å². The molecule has 168 valence electrons. The molecule has 0 saturated carbocycles. The average molecular weight is 438 g/mol. The van der Waals surface area contributed by atoms with E-state index in [2.05, 4.69) is 5.32 Å². The molecular formula is C23H26N4O5. The Balaban J connectivity index is 1.60. The molecule has 1 aliphatic heterocycles. The molecule has 1 N–H and O–H groups in total. The smallest absolute Gasteiger partial charge is 0.332 e. The van der Waals surface area contributed by atoms with Gasteiger partial charge in [-0.25, -0.2) is 4.79 Å². The zero-order valence-corrected chi connectivity index (χ0v) is 18.5. The first kappa shape index (κ1) is 22.8. The van der Waals surface area contributed by atoms with Gasteiger partial charge < -0.3 is 15.0 Å². The van der Waals surface area contributed by atoms with Crippen LogP contribution >= 0.6 is 0 Å². The zero-order valence-electron chi connectivity index (χ0n) is 18.5. The lowest BCUT2D eigenvalue weighted by atomic mass is 10.2. The van der Waals surface area contributed by atoms with Crippen LogP contribution in [0.5, 0.6) is 5.75 Å². The third kappa shape index (κ3) is 4.88. The summed E-state index contributed by atoms with van der Waals surface area (Å²) >= 11 is 0. The van der Waals surface area contributed by atoms with Crippen molar-refractivity contribution in [3.63, 3.8) is 0 Å². The lowest BCUT2D eigenvalue weighted by molar-refractivity contribution is -0.137.